The zero-order valence-electron chi connectivity index (χ0n) is 15.6. The first kappa shape index (κ1) is 20.0. The van der Waals surface area contributed by atoms with Gasteiger partial charge in [0.05, 0.1) is 20.3 Å². The molecule has 0 unspecified atom stereocenters. The van der Waals surface area contributed by atoms with Crippen LogP contribution in [0.25, 0.3) is 0 Å². The van der Waals surface area contributed by atoms with Gasteiger partial charge in [0.15, 0.2) is 0 Å². The molecule has 1 N–H and O–H groups in total. The third-order valence-corrected chi connectivity index (χ3v) is 4.48. The third-order valence-electron chi connectivity index (χ3n) is 4.48. The summed E-state index contributed by atoms with van der Waals surface area (Å²) in [5.74, 6) is 1.28. The van der Waals surface area contributed by atoms with Crippen molar-refractivity contribution in [3.8, 4) is 11.5 Å². The summed E-state index contributed by atoms with van der Waals surface area (Å²) in [5.41, 5.74) is 0. The van der Waals surface area contributed by atoms with Crippen LogP contribution in [0.4, 0.5) is 4.79 Å². The van der Waals surface area contributed by atoms with Crippen molar-refractivity contribution in [3.63, 3.8) is 0 Å². The lowest BCUT2D eigenvalue weighted by molar-refractivity contribution is -0.125. The summed E-state index contributed by atoms with van der Waals surface area (Å²) in [7, 11) is 2.87. The number of benzene rings is 1. The Morgan fingerprint density at radius 1 is 1.08 bits per heavy atom. The van der Waals surface area contributed by atoms with Gasteiger partial charge in [-0.05, 0) is 31.2 Å². The molecule has 1 heterocycles. The lowest BCUT2D eigenvalue weighted by atomic mass is 10.2. The molecule has 1 saturated heterocycles. The maximum atomic E-state index is 12.0. The van der Waals surface area contributed by atoms with Crippen molar-refractivity contribution < 1.29 is 23.8 Å². The minimum atomic E-state index is -0.726. The van der Waals surface area contributed by atoms with Crippen molar-refractivity contribution in [2.75, 3.05) is 53.6 Å². The molecule has 1 aromatic rings. The highest BCUT2D eigenvalue weighted by atomic mass is 16.5. The highest BCUT2D eigenvalue weighted by Gasteiger charge is 2.26. The molecule has 26 heavy (non-hydrogen) atoms. The zero-order chi connectivity index (χ0) is 18.9. The van der Waals surface area contributed by atoms with E-state index in [9.17, 15) is 9.59 Å². The van der Waals surface area contributed by atoms with E-state index in [4.69, 9.17) is 9.47 Å². The summed E-state index contributed by atoms with van der Waals surface area (Å²) in [6, 6.07) is 7.15. The van der Waals surface area contributed by atoms with E-state index in [1.807, 2.05) is 24.3 Å². The molecule has 0 bridgehead atoms. The van der Waals surface area contributed by atoms with Crippen molar-refractivity contribution in [1.29, 1.82) is 0 Å². The maximum absolute atomic E-state index is 12.0. The summed E-state index contributed by atoms with van der Waals surface area (Å²) in [6.45, 7) is 6.44. The van der Waals surface area contributed by atoms with Crippen LogP contribution in [0.15, 0.2) is 24.3 Å². The van der Waals surface area contributed by atoms with Gasteiger partial charge in [0.2, 0.25) is 5.91 Å². The second-order valence-corrected chi connectivity index (χ2v) is 6.06. The Labute approximate surface area is 154 Å². The number of alkyl carbamates (subject to hydrolysis) is 1. The number of imide groups is 1. The molecule has 0 saturated carbocycles. The quantitative estimate of drug-likeness (QED) is 0.771. The van der Waals surface area contributed by atoms with Crippen molar-refractivity contribution >= 4 is 12.0 Å². The summed E-state index contributed by atoms with van der Waals surface area (Å²) in [6.07, 6.45) is -0.726. The van der Waals surface area contributed by atoms with Crippen LogP contribution in [0.2, 0.25) is 0 Å². The molecule has 144 valence electrons. The van der Waals surface area contributed by atoms with Gasteiger partial charge in [0, 0.05) is 32.7 Å². The monoisotopic (exact) mass is 365 g/mol. The summed E-state index contributed by atoms with van der Waals surface area (Å²) in [4.78, 5) is 27.5. The molecular weight excluding hydrogens is 338 g/mol. The van der Waals surface area contributed by atoms with Crippen molar-refractivity contribution in [2.45, 2.75) is 13.0 Å². The molecule has 1 aromatic carbocycles. The van der Waals surface area contributed by atoms with Crippen LogP contribution in [-0.2, 0) is 9.53 Å². The molecule has 8 nitrogen and oxygen atoms in total. The Bertz CT molecular complexity index is 585. The normalized spacial score (nSPS) is 16.6. The van der Waals surface area contributed by atoms with E-state index in [0.717, 1.165) is 44.2 Å². The lowest BCUT2D eigenvalue weighted by Crippen LogP contribution is -2.54. The fraction of sp³-hybridized carbons (Fsp3) is 0.556. The summed E-state index contributed by atoms with van der Waals surface area (Å²) in [5, 5.41) is 2.21. The largest absolute Gasteiger partial charge is 0.497 e. The molecule has 0 spiro atoms. The topological polar surface area (TPSA) is 80.3 Å². The van der Waals surface area contributed by atoms with Gasteiger partial charge in [-0.15, -0.1) is 0 Å². The van der Waals surface area contributed by atoms with Gasteiger partial charge < -0.3 is 14.2 Å². The molecule has 0 aliphatic carbocycles. The first-order chi connectivity index (χ1) is 12.5. The Morgan fingerprint density at radius 3 is 2.27 bits per heavy atom. The van der Waals surface area contributed by atoms with E-state index in [1.54, 1.807) is 14.0 Å². The van der Waals surface area contributed by atoms with E-state index in [-0.39, 0.29) is 11.9 Å². The average molecular weight is 365 g/mol. The Kier molecular flexibility index (Phi) is 7.68. The number of carbonyl (C=O) groups excluding carboxylic acids is 2. The lowest BCUT2D eigenvalue weighted by Gasteiger charge is -2.37. The molecule has 2 amide bonds. The number of piperazine rings is 1. The molecule has 8 heteroatoms. The zero-order valence-corrected chi connectivity index (χ0v) is 15.6. The fourth-order valence-corrected chi connectivity index (χ4v) is 2.76. The van der Waals surface area contributed by atoms with Gasteiger partial charge >= 0.3 is 6.09 Å². The number of carbonyl (C=O) groups is 2. The predicted octanol–water partition coefficient (Wildman–Crippen LogP) is 0.963. The molecule has 1 aliphatic heterocycles. The number of rotatable bonds is 7. The van der Waals surface area contributed by atoms with E-state index >= 15 is 0 Å². The van der Waals surface area contributed by atoms with Crippen LogP contribution in [0.1, 0.15) is 6.92 Å². The van der Waals surface area contributed by atoms with Gasteiger partial charge in [-0.2, -0.15) is 0 Å². The first-order valence-corrected chi connectivity index (χ1v) is 8.65. The Morgan fingerprint density at radius 2 is 1.69 bits per heavy atom. The van der Waals surface area contributed by atoms with Crippen LogP contribution < -0.4 is 14.8 Å². The smallest absolute Gasteiger partial charge is 0.413 e. The second kappa shape index (κ2) is 9.98. The number of hydrogen-bond donors (Lipinski definition) is 1. The highest BCUT2D eigenvalue weighted by Crippen LogP contribution is 2.17. The van der Waals surface area contributed by atoms with Gasteiger partial charge in [-0.25, -0.2) is 4.79 Å². The SMILES string of the molecule is COC(=O)NC(=O)[C@H](C)N1CCN(CCOc2ccc(OC)cc2)CC1. The van der Waals surface area contributed by atoms with Crippen molar-refractivity contribution in [1.82, 2.24) is 15.1 Å². The molecule has 1 fully saturated rings. The average Bonchev–Trinajstić information content (AvgIpc) is 2.68. The van der Waals surface area contributed by atoms with Crippen LogP contribution in [0, 0.1) is 0 Å². The number of amides is 2. The van der Waals surface area contributed by atoms with Gasteiger partial charge in [-0.3, -0.25) is 19.9 Å². The molecule has 1 atom stereocenters. The second-order valence-electron chi connectivity index (χ2n) is 6.06. The number of methoxy groups -OCH3 is 2. The minimum Gasteiger partial charge on any atom is -0.497 e. The first-order valence-electron chi connectivity index (χ1n) is 8.65. The molecule has 1 aliphatic rings. The molecule has 2 rings (SSSR count). The van der Waals surface area contributed by atoms with E-state index < -0.39 is 6.09 Å². The molecule has 0 radical (unpaired) electrons. The Balaban J connectivity index is 1.67. The van der Waals surface area contributed by atoms with Crippen molar-refractivity contribution in [2.24, 2.45) is 0 Å². The predicted molar refractivity (Wildman–Crippen MR) is 96.5 cm³/mol. The van der Waals surface area contributed by atoms with Crippen LogP contribution in [0.3, 0.4) is 0 Å². The minimum absolute atomic E-state index is 0.340. The summed E-state index contributed by atoms with van der Waals surface area (Å²) < 4.78 is 15.3. The van der Waals surface area contributed by atoms with E-state index in [0.29, 0.717) is 6.61 Å². The third kappa shape index (κ3) is 5.89. The number of hydrogen-bond acceptors (Lipinski definition) is 7. The number of nitrogens with one attached hydrogen (secondary N) is 1. The van der Waals surface area contributed by atoms with Gasteiger partial charge in [-0.1, -0.05) is 0 Å². The van der Waals surface area contributed by atoms with Crippen LogP contribution >= 0.6 is 0 Å². The molecule has 0 aromatic heterocycles. The van der Waals surface area contributed by atoms with Gasteiger partial charge in [0.25, 0.3) is 0 Å². The number of nitrogens with zero attached hydrogens (tertiary/aromatic N) is 2. The Hall–Kier alpha value is -2.32. The fourth-order valence-electron chi connectivity index (χ4n) is 2.76. The van der Waals surface area contributed by atoms with Crippen molar-refractivity contribution in [3.05, 3.63) is 24.3 Å². The molecular formula is C18H27N3O5. The standard InChI is InChI=1S/C18H27N3O5/c1-14(17(22)19-18(23)25-3)21-10-8-20(9-11-21)12-13-26-16-6-4-15(24-2)5-7-16/h4-7,14H,8-13H2,1-3H3,(H,19,22,23)/t14-/m0/s1. The summed E-state index contributed by atoms with van der Waals surface area (Å²) >= 11 is 0. The van der Waals surface area contributed by atoms with Crippen LogP contribution in [0.5, 0.6) is 11.5 Å². The highest BCUT2D eigenvalue weighted by molar-refractivity contribution is 5.94. The van der Waals surface area contributed by atoms with Crippen LogP contribution in [-0.4, -0.2) is 81.4 Å². The van der Waals surface area contributed by atoms with Gasteiger partial charge in [0.1, 0.15) is 18.1 Å². The maximum Gasteiger partial charge on any atom is 0.413 e. The van der Waals surface area contributed by atoms with E-state index in [2.05, 4.69) is 19.9 Å². The van der Waals surface area contributed by atoms with E-state index in [1.165, 1.54) is 7.11 Å². The number of ether oxygens (including phenoxy) is 3.